The van der Waals surface area contributed by atoms with E-state index >= 15 is 0 Å². The maximum atomic E-state index is 12.6. The number of allylic oxidation sites excluding steroid dienone is 1. The van der Waals surface area contributed by atoms with Gasteiger partial charge >= 0.3 is 5.97 Å². The zero-order valence-corrected chi connectivity index (χ0v) is 16.6. The third-order valence-corrected chi connectivity index (χ3v) is 4.72. The number of aryl methyl sites for hydroxylation is 1. The van der Waals surface area contributed by atoms with Gasteiger partial charge in [-0.15, -0.1) is 6.58 Å². The second-order valence-corrected chi connectivity index (χ2v) is 6.72. The van der Waals surface area contributed by atoms with Gasteiger partial charge in [0.2, 0.25) is 5.78 Å². The van der Waals surface area contributed by atoms with E-state index in [-0.39, 0.29) is 12.4 Å². The Morgan fingerprint density at radius 1 is 1.03 bits per heavy atom. The Bertz CT molecular complexity index is 1040. The summed E-state index contributed by atoms with van der Waals surface area (Å²) in [6.45, 7) is 7.88. The SMILES string of the molecule is C=CCn1c(C)cc(C(=O)COC(=O)c2ccccc2Nc2ccccc2)c1C. The molecule has 1 N–H and O–H groups in total. The average molecular weight is 388 g/mol. The fraction of sp³-hybridized carbons (Fsp3) is 0.167. The van der Waals surface area contributed by atoms with Crippen molar-refractivity contribution in [3.05, 3.63) is 95.8 Å². The van der Waals surface area contributed by atoms with Crippen molar-refractivity contribution < 1.29 is 14.3 Å². The monoisotopic (exact) mass is 388 g/mol. The van der Waals surface area contributed by atoms with Crippen molar-refractivity contribution in [3.8, 4) is 0 Å². The molecule has 2 aromatic carbocycles. The summed E-state index contributed by atoms with van der Waals surface area (Å²) in [4.78, 5) is 25.2. The first-order valence-corrected chi connectivity index (χ1v) is 9.40. The summed E-state index contributed by atoms with van der Waals surface area (Å²) in [5, 5.41) is 3.21. The Balaban J connectivity index is 1.71. The Kier molecular flexibility index (Phi) is 6.29. The highest BCUT2D eigenvalue weighted by molar-refractivity contribution is 6.02. The molecule has 5 heteroatoms. The lowest BCUT2D eigenvalue weighted by Gasteiger charge is -2.11. The minimum absolute atomic E-state index is 0.227. The average Bonchev–Trinajstić information content (AvgIpc) is 3.01. The molecular weight excluding hydrogens is 364 g/mol. The van der Waals surface area contributed by atoms with Gasteiger partial charge in [0.1, 0.15) is 0 Å². The van der Waals surface area contributed by atoms with Crippen LogP contribution < -0.4 is 5.32 Å². The molecule has 0 bridgehead atoms. The first-order valence-electron chi connectivity index (χ1n) is 9.40. The summed E-state index contributed by atoms with van der Waals surface area (Å²) < 4.78 is 7.33. The predicted molar refractivity (Wildman–Crippen MR) is 115 cm³/mol. The number of anilines is 2. The summed E-state index contributed by atoms with van der Waals surface area (Å²) in [5.74, 6) is -0.771. The van der Waals surface area contributed by atoms with Crippen LogP contribution in [0.5, 0.6) is 0 Å². The van der Waals surface area contributed by atoms with E-state index in [4.69, 9.17) is 4.74 Å². The number of hydrogen-bond donors (Lipinski definition) is 1. The van der Waals surface area contributed by atoms with Gasteiger partial charge in [0.25, 0.3) is 0 Å². The standard InChI is InChI=1S/C24H24N2O3/c1-4-14-26-17(2)15-21(18(26)3)23(27)16-29-24(28)20-12-8-9-13-22(20)25-19-10-6-5-7-11-19/h4-13,15,25H,1,14,16H2,2-3H3. The van der Waals surface area contributed by atoms with E-state index in [1.165, 1.54) is 0 Å². The normalized spacial score (nSPS) is 10.4. The smallest absolute Gasteiger partial charge is 0.340 e. The van der Waals surface area contributed by atoms with Crippen molar-refractivity contribution in [2.24, 2.45) is 0 Å². The molecule has 1 heterocycles. The zero-order chi connectivity index (χ0) is 20.8. The maximum Gasteiger partial charge on any atom is 0.340 e. The molecule has 148 valence electrons. The van der Waals surface area contributed by atoms with Crippen LogP contribution in [0.25, 0.3) is 0 Å². The van der Waals surface area contributed by atoms with Gasteiger partial charge in [0.05, 0.1) is 11.3 Å². The Morgan fingerprint density at radius 2 is 1.72 bits per heavy atom. The molecule has 0 unspecified atom stereocenters. The molecule has 0 spiro atoms. The molecule has 0 aliphatic rings. The fourth-order valence-corrected chi connectivity index (χ4v) is 3.23. The molecule has 5 nitrogen and oxygen atoms in total. The maximum absolute atomic E-state index is 12.6. The summed E-state index contributed by atoms with van der Waals surface area (Å²) >= 11 is 0. The third kappa shape index (κ3) is 4.63. The first-order chi connectivity index (χ1) is 14.0. The van der Waals surface area contributed by atoms with Crippen LogP contribution in [0, 0.1) is 13.8 Å². The van der Waals surface area contributed by atoms with Gasteiger partial charge in [0.15, 0.2) is 6.61 Å². The van der Waals surface area contributed by atoms with Gasteiger partial charge in [-0.05, 0) is 44.2 Å². The highest BCUT2D eigenvalue weighted by Crippen LogP contribution is 2.22. The lowest BCUT2D eigenvalue weighted by molar-refractivity contribution is 0.0475. The van der Waals surface area contributed by atoms with Crippen LogP contribution in [-0.2, 0) is 11.3 Å². The fourth-order valence-electron chi connectivity index (χ4n) is 3.23. The number of benzene rings is 2. The van der Waals surface area contributed by atoms with E-state index in [1.807, 2.05) is 60.9 Å². The molecule has 0 aliphatic carbocycles. The number of para-hydroxylation sites is 2. The van der Waals surface area contributed by atoms with Gasteiger partial charge in [-0.1, -0.05) is 36.4 Å². The van der Waals surface area contributed by atoms with Gasteiger partial charge < -0.3 is 14.6 Å². The molecule has 1 aromatic heterocycles. The molecule has 0 atom stereocenters. The molecular formula is C24H24N2O3. The summed E-state index contributed by atoms with van der Waals surface area (Å²) in [6, 6.07) is 18.4. The molecule has 3 aromatic rings. The third-order valence-electron chi connectivity index (χ3n) is 4.72. The van der Waals surface area contributed by atoms with Gasteiger partial charge in [0, 0.05) is 29.2 Å². The van der Waals surface area contributed by atoms with Gasteiger partial charge in [-0.25, -0.2) is 4.79 Å². The van der Waals surface area contributed by atoms with Gasteiger partial charge in [-0.3, -0.25) is 4.79 Å². The number of Topliss-reactive ketones (excluding diaryl/α,β-unsaturated/α-hetero) is 1. The number of carbonyl (C=O) groups excluding carboxylic acids is 2. The molecule has 0 saturated carbocycles. The van der Waals surface area contributed by atoms with Crippen molar-refractivity contribution in [1.29, 1.82) is 0 Å². The lowest BCUT2D eigenvalue weighted by atomic mass is 10.1. The van der Waals surface area contributed by atoms with E-state index in [9.17, 15) is 9.59 Å². The number of aromatic nitrogens is 1. The predicted octanol–water partition coefficient (Wildman–Crippen LogP) is 5.07. The second-order valence-electron chi connectivity index (χ2n) is 6.72. The van der Waals surface area contributed by atoms with Crippen molar-refractivity contribution in [3.63, 3.8) is 0 Å². The zero-order valence-electron chi connectivity index (χ0n) is 16.6. The molecule has 0 saturated heterocycles. The Hall–Kier alpha value is -3.60. The number of nitrogens with one attached hydrogen (secondary N) is 1. The Labute approximate surface area is 170 Å². The minimum atomic E-state index is -0.544. The van der Waals surface area contributed by atoms with Crippen molar-refractivity contribution in [1.82, 2.24) is 4.57 Å². The summed E-state index contributed by atoms with van der Waals surface area (Å²) in [6.07, 6.45) is 1.78. The highest BCUT2D eigenvalue weighted by Gasteiger charge is 2.19. The first kappa shape index (κ1) is 20.1. The Morgan fingerprint density at radius 3 is 2.45 bits per heavy atom. The lowest BCUT2D eigenvalue weighted by Crippen LogP contribution is -2.16. The molecule has 0 amide bonds. The number of ether oxygens (including phenoxy) is 1. The van der Waals surface area contributed by atoms with Crippen LogP contribution in [-0.4, -0.2) is 22.9 Å². The molecule has 0 aliphatic heterocycles. The summed E-state index contributed by atoms with van der Waals surface area (Å²) in [5.41, 5.74) is 4.23. The van der Waals surface area contributed by atoms with Crippen molar-refractivity contribution in [2.75, 3.05) is 11.9 Å². The molecule has 29 heavy (non-hydrogen) atoms. The molecule has 3 rings (SSSR count). The van der Waals surface area contributed by atoms with Crippen molar-refractivity contribution >= 4 is 23.1 Å². The number of hydrogen-bond acceptors (Lipinski definition) is 4. The number of ketones is 1. The number of esters is 1. The molecule has 0 fully saturated rings. The second kappa shape index (κ2) is 9.06. The number of carbonyl (C=O) groups is 2. The van der Waals surface area contributed by atoms with Crippen LogP contribution in [0.2, 0.25) is 0 Å². The van der Waals surface area contributed by atoms with E-state index in [0.717, 1.165) is 17.1 Å². The van der Waals surface area contributed by atoms with Crippen LogP contribution in [0.3, 0.4) is 0 Å². The molecule has 0 radical (unpaired) electrons. The highest BCUT2D eigenvalue weighted by atomic mass is 16.5. The van der Waals surface area contributed by atoms with Crippen LogP contribution in [0.15, 0.2) is 73.3 Å². The quantitative estimate of drug-likeness (QED) is 0.332. The van der Waals surface area contributed by atoms with E-state index in [2.05, 4.69) is 11.9 Å². The van der Waals surface area contributed by atoms with E-state index in [0.29, 0.717) is 23.4 Å². The topological polar surface area (TPSA) is 60.3 Å². The van der Waals surface area contributed by atoms with Crippen LogP contribution in [0.1, 0.15) is 32.1 Å². The van der Waals surface area contributed by atoms with Gasteiger partial charge in [-0.2, -0.15) is 0 Å². The minimum Gasteiger partial charge on any atom is -0.454 e. The van der Waals surface area contributed by atoms with E-state index in [1.54, 1.807) is 24.3 Å². The van der Waals surface area contributed by atoms with Crippen LogP contribution >= 0.6 is 0 Å². The van der Waals surface area contributed by atoms with Crippen LogP contribution in [0.4, 0.5) is 11.4 Å². The van der Waals surface area contributed by atoms with Crippen molar-refractivity contribution in [2.45, 2.75) is 20.4 Å². The number of nitrogens with zero attached hydrogens (tertiary/aromatic N) is 1. The van der Waals surface area contributed by atoms with E-state index < -0.39 is 5.97 Å². The summed E-state index contributed by atoms with van der Waals surface area (Å²) in [7, 11) is 0. The number of rotatable bonds is 8. The largest absolute Gasteiger partial charge is 0.454 e.